The fourth-order valence-corrected chi connectivity index (χ4v) is 2.83. The molecule has 1 aliphatic heterocycles. The maximum absolute atomic E-state index is 11.9. The number of fused-ring (bicyclic) bond motifs is 1. The van der Waals surface area contributed by atoms with Gasteiger partial charge in [0.2, 0.25) is 0 Å². The Bertz CT molecular complexity index is 710. The highest BCUT2D eigenvalue weighted by atomic mass is 32.1. The van der Waals surface area contributed by atoms with Gasteiger partial charge in [0, 0.05) is 15.3 Å². The Morgan fingerprint density at radius 1 is 1.00 bits per heavy atom. The molecule has 1 aliphatic rings. The van der Waals surface area contributed by atoms with Crippen molar-refractivity contribution in [3.63, 3.8) is 0 Å². The van der Waals surface area contributed by atoms with Crippen LogP contribution in [-0.4, -0.2) is 11.9 Å². The highest BCUT2D eigenvalue weighted by Crippen LogP contribution is 2.30. The summed E-state index contributed by atoms with van der Waals surface area (Å²) in [6, 6.07) is 10.9. The number of hydrogen-bond donors (Lipinski definition) is 0. The third-order valence-corrected chi connectivity index (χ3v) is 3.84. The van der Waals surface area contributed by atoms with Gasteiger partial charge in [-0.25, -0.2) is 9.59 Å². The second-order valence-corrected chi connectivity index (χ2v) is 5.55. The second-order valence-electron chi connectivity index (χ2n) is 4.23. The maximum atomic E-state index is 11.9. The first kappa shape index (κ1) is 11.9. The van der Waals surface area contributed by atoms with Crippen LogP contribution in [0.25, 0.3) is 11.6 Å². The van der Waals surface area contributed by atoms with Crippen molar-refractivity contribution in [2.75, 3.05) is 0 Å². The van der Waals surface area contributed by atoms with Crippen LogP contribution in [0, 0.1) is 6.92 Å². The number of carbonyl (C=O) groups excluding carboxylic acids is 2. The van der Waals surface area contributed by atoms with Crippen LogP contribution in [-0.2, 0) is 9.53 Å². The monoisotopic (exact) mass is 270 g/mol. The molecule has 2 heterocycles. The van der Waals surface area contributed by atoms with Gasteiger partial charge >= 0.3 is 11.9 Å². The van der Waals surface area contributed by atoms with Gasteiger partial charge in [0.1, 0.15) is 0 Å². The molecule has 19 heavy (non-hydrogen) atoms. The van der Waals surface area contributed by atoms with Crippen molar-refractivity contribution in [3.05, 3.63) is 57.3 Å². The number of benzene rings is 1. The molecule has 0 atom stereocenters. The van der Waals surface area contributed by atoms with E-state index in [4.69, 9.17) is 4.74 Å². The van der Waals surface area contributed by atoms with Crippen LogP contribution in [0.1, 0.15) is 25.7 Å². The normalized spacial score (nSPS) is 16.4. The highest BCUT2D eigenvalue weighted by molar-refractivity contribution is 7.12. The Hall–Kier alpha value is -2.20. The Kier molecular flexibility index (Phi) is 2.80. The lowest BCUT2D eigenvalue weighted by molar-refractivity contribution is -0.131. The van der Waals surface area contributed by atoms with E-state index in [1.165, 1.54) is 4.88 Å². The molecule has 2 aromatic rings. The van der Waals surface area contributed by atoms with Crippen LogP contribution in [0.3, 0.4) is 0 Å². The summed E-state index contributed by atoms with van der Waals surface area (Å²) in [6.45, 7) is 2.00. The number of hydrogen-bond acceptors (Lipinski definition) is 4. The number of cyclic esters (lactones) is 2. The third kappa shape index (κ3) is 2.11. The predicted octanol–water partition coefficient (Wildman–Crippen LogP) is 3.29. The van der Waals surface area contributed by atoms with E-state index in [-0.39, 0.29) is 0 Å². The van der Waals surface area contributed by atoms with Crippen LogP contribution in [0.5, 0.6) is 0 Å². The van der Waals surface area contributed by atoms with Gasteiger partial charge in [-0.3, -0.25) is 0 Å². The molecule has 1 aromatic carbocycles. The number of ether oxygens (including phenoxy) is 1. The van der Waals surface area contributed by atoms with Gasteiger partial charge in [-0.15, -0.1) is 11.3 Å². The summed E-state index contributed by atoms with van der Waals surface area (Å²) < 4.78 is 4.76. The zero-order chi connectivity index (χ0) is 13.4. The van der Waals surface area contributed by atoms with Crippen molar-refractivity contribution >= 4 is 34.9 Å². The Labute approximate surface area is 114 Å². The molecule has 0 bridgehead atoms. The lowest BCUT2D eigenvalue weighted by atomic mass is 9.97. The van der Waals surface area contributed by atoms with Gasteiger partial charge in [0.25, 0.3) is 0 Å². The lowest BCUT2D eigenvalue weighted by Crippen LogP contribution is -2.21. The second kappa shape index (κ2) is 4.48. The van der Waals surface area contributed by atoms with Gasteiger partial charge in [-0.2, -0.15) is 0 Å². The molecule has 0 radical (unpaired) electrons. The van der Waals surface area contributed by atoms with Gasteiger partial charge in [-0.1, -0.05) is 18.2 Å². The number of thiophene rings is 1. The van der Waals surface area contributed by atoms with Crippen molar-refractivity contribution in [1.82, 2.24) is 0 Å². The van der Waals surface area contributed by atoms with E-state index < -0.39 is 11.9 Å². The Morgan fingerprint density at radius 3 is 2.42 bits per heavy atom. The fourth-order valence-electron chi connectivity index (χ4n) is 2.01. The lowest BCUT2D eigenvalue weighted by Gasteiger charge is -2.16. The first-order chi connectivity index (χ1) is 9.15. The zero-order valence-electron chi connectivity index (χ0n) is 10.2. The van der Waals surface area contributed by atoms with Gasteiger partial charge < -0.3 is 4.74 Å². The molecular weight excluding hydrogens is 260 g/mol. The van der Waals surface area contributed by atoms with Crippen LogP contribution in [0.15, 0.2) is 36.4 Å². The predicted molar refractivity (Wildman–Crippen MR) is 73.8 cm³/mol. The number of aryl methyl sites for hydroxylation is 1. The molecule has 0 amide bonds. The van der Waals surface area contributed by atoms with E-state index in [1.807, 2.05) is 19.1 Å². The Balaban J connectivity index is 2.15. The van der Waals surface area contributed by atoms with E-state index in [1.54, 1.807) is 41.7 Å². The standard InChI is InChI=1S/C15H10O3S/c1-9-6-7-10(19-9)8-13-11-4-2-3-5-12(11)14(16)18-15(13)17/h2-8H,1H3/b13-8+. The zero-order valence-corrected chi connectivity index (χ0v) is 11.0. The summed E-state index contributed by atoms with van der Waals surface area (Å²) in [7, 11) is 0. The highest BCUT2D eigenvalue weighted by Gasteiger charge is 2.29. The van der Waals surface area contributed by atoms with Crippen LogP contribution >= 0.6 is 11.3 Å². The summed E-state index contributed by atoms with van der Waals surface area (Å²) in [6.07, 6.45) is 1.77. The number of rotatable bonds is 1. The molecule has 0 aliphatic carbocycles. The van der Waals surface area contributed by atoms with E-state index in [2.05, 4.69) is 0 Å². The minimum absolute atomic E-state index is 0.428. The first-order valence-electron chi connectivity index (χ1n) is 5.79. The van der Waals surface area contributed by atoms with Crippen LogP contribution < -0.4 is 0 Å². The molecule has 3 rings (SSSR count). The van der Waals surface area contributed by atoms with E-state index in [0.717, 1.165) is 4.88 Å². The molecule has 3 nitrogen and oxygen atoms in total. The first-order valence-corrected chi connectivity index (χ1v) is 6.61. The summed E-state index contributed by atoms with van der Waals surface area (Å²) in [5, 5.41) is 0. The Morgan fingerprint density at radius 2 is 1.74 bits per heavy atom. The van der Waals surface area contributed by atoms with E-state index >= 15 is 0 Å². The van der Waals surface area contributed by atoms with Crippen LogP contribution in [0.4, 0.5) is 0 Å². The van der Waals surface area contributed by atoms with Crippen molar-refractivity contribution < 1.29 is 14.3 Å². The van der Waals surface area contributed by atoms with E-state index in [9.17, 15) is 9.59 Å². The average Bonchev–Trinajstić information content (AvgIpc) is 2.80. The van der Waals surface area contributed by atoms with Crippen molar-refractivity contribution in [2.45, 2.75) is 6.92 Å². The molecule has 0 fully saturated rings. The van der Waals surface area contributed by atoms with E-state index in [0.29, 0.717) is 16.7 Å². The summed E-state index contributed by atoms with van der Waals surface area (Å²) in [4.78, 5) is 25.6. The van der Waals surface area contributed by atoms with Gasteiger partial charge in [0.05, 0.1) is 11.1 Å². The minimum atomic E-state index is -0.588. The molecule has 0 spiro atoms. The average molecular weight is 270 g/mol. The fraction of sp³-hybridized carbons (Fsp3) is 0.0667. The van der Waals surface area contributed by atoms with Crippen molar-refractivity contribution in [3.8, 4) is 0 Å². The molecule has 0 N–H and O–H groups in total. The summed E-state index contributed by atoms with van der Waals surface area (Å²) in [5.41, 5.74) is 1.49. The molecule has 0 unspecified atom stereocenters. The number of esters is 2. The minimum Gasteiger partial charge on any atom is -0.386 e. The van der Waals surface area contributed by atoms with Crippen LogP contribution in [0.2, 0.25) is 0 Å². The molecule has 4 heteroatoms. The molecule has 0 saturated carbocycles. The SMILES string of the molecule is Cc1ccc(/C=C2/C(=O)OC(=O)c3ccccc32)s1. The molecule has 1 aromatic heterocycles. The summed E-state index contributed by atoms with van der Waals surface area (Å²) in [5.74, 6) is -1.17. The topological polar surface area (TPSA) is 43.4 Å². The number of carbonyl (C=O) groups is 2. The quantitative estimate of drug-likeness (QED) is 0.453. The molecule has 0 saturated heterocycles. The van der Waals surface area contributed by atoms with Gasteiger partial charge in [0.15, 0.2) is 0 Å². The maximum Gasteiger partial charge on any atom is 0.346 e. The smallest absolute Gasteiger partial charge is 0.346 e. The largest absolute Gasteiger partial charge is 0.386 e. The van der Waals surface area contributed by atoms with Crippen molar-refractivity contribution in [1.29, 1.82) is 0 Å². The summed E-state index contributed by atoms with van der Waals surface area (Å²) >= 11 is 1.59. The van der Waals surface area contributed by atoms with Gasteiger partial charge in [-0.05, 0) is 31.2 Å². The molecule has 94 valence electrons. The third-order valence-electron chi connectivity index (χ3n) is 2.89. The molecular formula is C15H10O3S. The van der Waals surface area contributed by atoms with Crippen molar-refractivity contribution in [2.24, 2.45) is 0 Å².